The van der Waals surface area contributed by atoms with Crippen molar-refractivity contribution in [3.8, 4) is 17.2 Å². The average Bonchev–Trinajstić information content (AvgIpc) is 2.62. The van der Waals surface area contributed by atoms with Crippen LogP contribution in [0.2, 0.25) is 0 Å². The molecule has 0 aliphatic rings. The Hall–Kier alpha value is -3.22. The zero-order valence-electron chi connectivity index (χ0n) is 14.7. The van der Waals surface area contributed by atoms with Crippen LogP contribution < -0.4 is 19.5 Å². The molecular weight excluding hydrogens is 338 g/mol. The number of nitrogens with one attached hydrogen (secondary N) is 1. The number of carbonyl (C=O) groups is 2. The van der Waals surface area contributed by atoms with E-state index in [-0.39, 0.29) is 11.7 Å². The van der Waals surface area contributed by atoms with Gasteiger partial charge in [0.25, 0.3) is 5.91 Å². The van der Waals surface area contributed by atoms with Crippen LogP contribution in [0.4, 0.5) is 5.69 Å². The van der Waals surface area contributed by atoms with Crippen molar-refractivity contribution < 1.29 is 28.9 Å². The van der Waals surface area contributed by atoms with E-state index < -0.39 is 12.6 Å². The van der Waals surface area contributed by atoms with Crippen LogP contribution in [0, 0.1) is 0 Å². The van der Waals surface area contributed by atoms with Crippen molar-refractivity contribution in [1.82, 2.24) is 0 Å². The van der Waals surface area contributed by atoms with E-state index in [9.17, 15) is 9.59 Å². The van der Waals surface area contributed by atoms with Crippen LogP contribution in [-0.4, -0.2) is 36.8 Å². The van der Waals surface area contributed by atoms with Crippen LogP contribution >= 0.6 is 0 Å². The first kappa shape index (κ1) is 19.1. The van der Waals surface area contributed by atoms with Gasteiger partial charge in [0.15, 0.2) is 18.1 Å². The van der Waals surface area contributed by atoms with E-state index in [1.807, 2.05) is 13.0 Å². The summed E-state index contributed by atoms with van der Waals surface area (Å²) in [7, 11) is 0. The fourth-order valence-corrected chi connectivity index (χ4v) is 2.22. The van der Waals surface area contributed by atoms with E-state index in [1.165, 1.54) is 12.1 Å². The molecule has 26 heavy (non-hydrogen) atoms. The summed E-state index contributed by atoms with van der Waals surface area (Å²) >= 11 is 0. The number of carboxylic acids is 1. The minimum Gasteiger partial charge on any atom is -0.492 e. The Morgan fingerprint density at radius 2 is 1.62 bits per heavy atom. The smallest absolute Gasteiger partial charge is 0.341 e. The summed E-state index contributed by atoms with van der Waals surface area (Å²) in [6.07, 6.45) is 0. The van der Waals surface area contributed by atoms with Crippen LogP contribution in [0.5, 0.6) is 17.2 Å². The van der Waals surface area contributed by atoms with Gasteiger partial charge in [-0.2, -0.15) is 0 Å². The topological polar surface area (TPSA) is 94.1 Å². The Labute approximate surface area is 151 Å². The van der Waals surface area contributed by atoms with Crippen LogP contribution in [0.15, 0.2) is 42.5 Å². The summed E-state index contributed by atoms with van der Waals surface area (Å²) < 4.78 is 16.1. The molecule has 0 saturated carbocycles. The molecule has 0 aliphatic heterocycles. The van der Waals surface area contributed by atoms with Crippen molar-refractivity contribution in [3.05, 3.63) is 48.0 Å². The molecule has 0 unspecified atom stereocenters. The van der Waals surface area contributed by atoms with Gasteiger partial charge in [0.2, 0.25) is 0 Å². The first-order valence-electron chi connectivity index (χ1n) is 8.19. The summed E-state index contributed by atoms with van der Waals surface area (Å²) in [6.45, 7) is 3.99. The van der Waals surface area contributed by atoms with Crippen LogP contribution in [-0.2, 0) is 4.79 Å². The van der Waals surface area contributed by atoms with Crippen LogP contribution in [0.25, 0.3) is 0 Å². The van der Waals surface area contributed by atoms with Gasteiger partial charge >= 0.3 is 5.97 Å². The maximum atomic E-state index is 12.5. The van der Waals surface area contributed by atoms with E-state index >= 15 is 0 Å². The molecule has 2 aromatic carbocycles. The molecule has 0 bridgehead atoms. The molecule has 0 heterocycles. The lowest BCUT2D eigenvalue weighted by Gasteiger charge is -2.14. The number of aliphatic carboxylic acids is 1. The van der Waals surface area contributed by atoms with Crippen molar-refractivity contribution >= 4 is 17.6 Å². The summed E-state index contributed by atoms with van der Waals surface area (Å²) in [5.41, 5.74) is 0.908. The van der Waals surface area contributed by atoms with E-state index in [2.05, 4.69) is 5.32 Å². The second-order valence-corrected chi connectivity index (χ2v) is 5.16. The molecule has 0 aromatic heterocycles. The number of ether oxygens (including phenoxy) is 3. The minimum atomic E-state index is -1.10. The number of hydrogen-bond donors (Lipinski definition) is 2. The van der Waals surface area contributed by atoms with E-state index in [4.69, 9.17) is 19.3 Å². The van der Waals surface area contributed by atoms with Gasteiger partial charge in [0.05, 0.1) is 18.9 Å². The molecule has 2 aromatic rings. The van der Waals surface area contributed by atoms with Gasteiger partial charge < -0.3 is 24.6 Å². The Balaban J connectivity index is 2.20. The second-order valence-electron chi connectivity index (χ2n) is 5.16. The number of amides is 1. The van der Waals surface area contributed by atoms with Crippen molar-refractivity contribution in [2.45, 2.75) is 13.8 Å². The third-order valence-electron chi connectivity index (χ3n) is 3.29. The highest BCUT2D eigenvalue weighted by molar-refractivity contribution is 6.05. The summed E-state index contributed by atoms with van der Waals surface area (Å²) in [5.74, 6) is -0.292. The number of para-hydroxylation sites is 2. The molecule has 0 radical (unpaired) electrons. The molecule has 138 valence electrons. The highest BCUT2D eigenvalue weighted by Gasteiger charge is 2.14. The highest BCUT2D eigenvalue weighted by atomic mass is 16.5. The van der Waals surface area contributed by atoms with Crippen LogP contribution in [0.1, 0.15) is 24.2 Å². The van der Waals surface area contributed by atoms with Crippen molar-refractivity contribution in [2.24, 2.45) is 0 Å². The Morgan fingerprint density at radius 3 is 2.31 bits per heavy atom. The van der Waals surface area contributed by atoms with Crippen LogP contribution in [0.3, 0.4) is 0 Å². The third kappa shape index (κ3) is 5.14. The van der Waals surface area contributed by atoms with Gasteiger partial charge in [0.1, 0.15) is 5.75 Å². The third-order valence-corrected chi connectivity index (χ3v) is 3.29. The van der Waals surface area contributed by atoms with Gasteiger partial charge in [-0.3, -0.25) is 4.79 Å². The molecule has 2 N–H and O–H groups in total. The molecule has 0 spiro atoms. The molecule has 7 nitrogen and oxygen atoms in total. The van der Waals surface area contributed by atoms with E-state index in [0.717, 1.165) is 0 Å². The highest BCUT2D eigenvalue weighted by Crippen LogP contribution is 2.30. The van der Waals surface area contributed by atoms with E-state index in [1.54, 1.807) is 31.2 Å². The zero-order valence-corrected chi connectivity index (χ0v) is 14.7. The molecule has 0 fully saturated rings. The standard InChI is InChI=1S/C19H21NO6/c1-3-24-15-8-6-5-7-14(15)20-19(23)13-9-10-16(26-12-18(21)22)17(11-13)25-4-2/h5-11H,3-4,12H2,1-2H3,(H,20,23)(H,21,22). The van der Waals surface area contributed by atoms with Crippen molar-refractivity contribution in [1.29, 1.82) is 0 Å². The molecular formula is C19H21NO6. The fourth-order valence-electron chi connectivity index (χ4n) is 2.22. The predicted octanol–water partition coefficient (Wildman–Crippen LogP) is 3.20. The minimum absolute atomic E-state index is 0.264. The Bertz CT molecular complexity index is 774. The molecule has 1 amide bonds. The number of carboxylic acid groups (broad SMARTS) is 1. The zero-order chi connectivity index (χ0) is 18.9. The van der Waals surface area contributed by atoms with Gasteiger partial charge in [-0.05, 0) is 44.2 Å². The molecule has 2 rings (SSSR count). The Kier molecular flexibility index (Phi) is 6.84. The number of hydrogen-bond acceptors (Lipinski definition) is 5. The first-order valence-corrected chi connectivity index (χ1v) is 8.19. The van der Waals surface area contributed by atoms with Gasteiger partial charge in [-0.1, -0.05) is 12.1 Å². The monoisotopic (exact) mass is 359 g/mol. The van der Waals surface area contributed by atoms with Gasteiger partial charge in [0, 0.05) is 5.56 Å². The quantitative estimate of drug-likeness (QED) is 0.714. The summed E-state index contributed by atoms with van der Waals surface area (Å²) in [5, 5.41) is 11.5. The lowest BCUT2D eigenvalue weighted by molar-refractivity contribution is -0.139. The van der Waals surface area contributed by atoms with Gasteiger partial charge in [-0.15, -0.1) is 0 Å². The number of carbonyl (C=O) groups excluding carboxylic acids is 1. The predicted molar refractivity (Wildman–Crippen MR) is 96.3 cm³/mol. The molecule has 0 aliphatic carbocycles. The molecule has 7 heteroatoms. The molecule has 0 saturated heterocycles. The SMILES string of the molecule is CCOc1ccccc1NC(=O)c1ccc(OCC(=O)O)c(OCC)c1. The molecule has 0 atom stereocenters. The van der Waals surface area contributed by atoms with E-state index in [0.29, 0.717) is 36.0 Å². The average molecular weight is 359 g/mol. The maximum absolute atomic E-state index is 12.5. The normalized spacial score (nSPS) is 10.1. The van der Waals surface area contributed by atoms with Crippen molar-refractivity contribution in [2.75, 3.05) is 25.1 Å². The number of rotatable bonds is 9. The van der Waals surface area contributed by atoms with Gasteiger partial charge in [-0.25, -0.2) is 4.79 Å². The second kappa shape index (κ2) is 9.31. The fraction of sp³-hybridized carbons (Fsp3) is 0.263. The maximum Gasteiger partial charge on any atom is 0.341 e. The lowest BCUT2D eigenvalue weighted by atomic mass is 10.1. The lowest BCUT2D eigenvalue weighted by Crippen LogP contribution is -2.14. The Morgan fingerprint density at radius 1 is 0.923 bits per heavy atom. The largest absolute Gasteiger partial charge is 0.492 e. The number of benzene rings is 2. The summed E-state index contributed by atoms with van der Waals surface area (Å²) in [6, 6.07) is 11.7. The summed E-state index contributed by atoms with van der Waals surface area (Å²) in [4.78, 5) is 23.2. The first-order chi connectivity index (χ1) is 12.5. The van der Waals surface area contributed by atoms with Crippen molar-refractivity contribution in [3.63, 3.8) is 0 Å². The number of anilines is 1.